The monoisotopic (exact) mass is 333 g/mol. The fourth-order valence-corrected chi connectivity index (χ4v) is 3.20. The minimum atomic E-state index is -3.70. The highest BCUT2D eigenvalue weighted by Crippen LogP contribution is 2.15. The van der Waals surface area contributed by atoms with Crippen molar-refractivity contribution < 1.29 is 13.2 Å². The van der Waals surface area contributed by atoms with E-state index >= 15 is 0 Å². The molecule has 1 amide bonds. The molecule has 0 unspecified atom stereocenters. The molecular weight excluding hydrogens is 314 g/mol. The number of benzene rings is 1. The number of hydrogen-bond donors (Lipinski definition) is 1. The Morgan fingerprint density at radius 2 is 1.91 bits per heavy atom. The number of rotatable bonds is 5. The fourth-order valence-electron chi connectivity index (χ4n) is 1.97. The summed E-state index contributed by atoms with van der Waals surface area (Å²) in [4.78, 5) is 16.2. The van der Waals surface area contributed by atoms with Gasteiger partial charge >= 0.3 is 0 Å². The Balaban J connectivity index is 2.06. The molecule has 2 aromatic rings. The summed E-state index contributed by atoms with van der Waals surface area (Å²) in [5, 5.41) is 2.58. The highest BCUT2D eigenvalue weighted by Gasteiger charge is 2.23. The minimum absolute atomic E-state index is 0.168. The van der Waals surface area contributed by atoms with Crippen LogP contribution in [0.1, 0.15) is 11.1 Å². The first kappa shape index (κ1) is 17.1. The van der Waals surface area contributed by atoms with Gasteiger partial charge in [-0.05, 0) is 43.2 Å². The number of amides is 1. The summed E-state index contributed by atoms with van der Waals surface area (Å²) >= 11 is 0. The number of likely N-dealkylation sites (N-methyl/N-ethyl adjacent to an activating group) is 1. The van der Waals surface area contributed by atoms with Crippen LogP contribution in [0.3, 0.4) is 0 Å². The number of nitrogens with one attached hydrogen (secondary N) is 1. The second kappa shape index (κ2) is 6.89. The van der Waals surface area contributed by atoms with E-state index in [0.717, 1.165) is 15.4 Å². The lowest BCUT2D eigenvalue weighted by atomic mass is 10.2. The Hall–Kier alpha value is -2.25. The summed E-state index contributed by atoms with van der Waals surface area (Å²) in [7, 11) is -2.33. The lowest BCUT2D eigenvalue weighted by molar-refractivity contribution is -0.116. The number of carbonyl (C=O) groups is 1. The van der Waals surface area contributed by atoms with E-state index in [2.05, 4.69) is 10.3 Å². The van der Waals surface area contributed by atoms with Gasteiger partial charge < -0.3 is 5.32 Å². The van der Waals surface area contributed by atoms with E-state index in [1.807, 2.05) is 26.0 Å². The topological polar surface area (TPSA) is 79.4 Å². The molecule has 0 radical (unpaired) electrons. The third-order valence-corrected chi connectivity index (χ3v) is 5.04. The number of aromatic nitrogens is 1. The first-order valence-electron chi connectivity index (χ1n) is 7.04. The maximum absolute atomic E-state index is 12.4. The number of carbonyl (C=O) groups excluding carboxylic acids is 1. The van der Waals surface area contributed by atoms with Crippen molar-refractivity contribution in [3.63, 3.8) is 0 Å². The van der Waals surface area contributed by atoms with E-state index in [-0.39, 0.29) is 11.4 Å². The normalized spacial score (nSPS) is 11.5. The molecule has 6 nitrogen and oxygen atoms in total. The average Bonchev–Trinajstić information content (AvgIpc) is 2.49. The van der Waals surface area contributed by atoms with Crippen LogP contribution in [0.2, 0.25) is 0 Å². The number of sulfonamides is 1. The molecule has 0 bridgehead atoms. The average molecular weight is 333 g/mol. The van der Waals surface area contributed by atoms with E-state index in [9.17, 15) is 13.2 Å². The Kier molecular flexibility index (Phi) is 5.12. The van der Waals surface area contributed by atoms with Gasteiger partial charge in [0.2, 0.25) is 15.9 Å². The predicted octanol–water partition coefficient (Wildman–Crippen LogP) is 1.96. The predicted molar refractivity (Wildman–Crippen MR) is 88.6 cm³/mol. The molecule has 1 aromatic heterocycles. The van der Waals surface area contributed by atoms with Crippen molar-refractivity contribution >= 4 is 21.7 Å². The molecule has 23 heavy (non-hydrogen) atoms. The molecule has 0 atom stereocenters. The Labute approximate surface area is 136 Å². The summed E-state index contributed by atoms with van der Waals surface area (Å²) in [6, 6.07) is 10.1. The highest BCUT2D eigenvalue weighted by atomic mass is 32.2. The maximum atomic E-state index is 12.4. The van der Waals surface area contributed by atoms with Gasteiger partial charge in [0, 0.05) is 13.2 Å². The fraction of sp³-hybridized carbons (Fsp3) is 0.250. The zero-order valence-electron chi connectivity index (χ0n) is 13.3. The molecule has 0 fully saturated rings. The minimum Gasteiger partial charge on any atom is -0.310 e. The zero-order chi connectivity index (χ0) is 17.0. The van der Waals surface area contributed by atoms with Gasteiger partial charge in [0.15, 0.2) is 0 Å². The van der Waals surface area contributed by atoms with Gasteiger partial charge in [-0.15, -0.1) is 0 Å². The summed E-state index contributed by atoms with van der Waals surface area (Å²) in [6.45, 7) is 3.42. The van der Waals surface area contributed by atoms with Crippen LogP contribution in [-0.2, 0) is 14.8 Å². The highest BCUT2D eigenvalue weighted by molar-refractivity contribution is 7.89. The van der Waals surface area contributed by atoms with Crippen LogP contribution in [0, 0.1) is 13.8 Å². The first-order chi connectivity index (χ1) is 10.8. The lowest BCUT2D eigenvalue weighted by Gasteiger charge is -2.17. The van der Waals surface area contributed by atoms with Gasteiger partial charge in [0.05, 0.1) is 11.4 Å². The van der Waals surface area contributed by atoms with E-state index < -0.39 is 15.9 Å². The van der Waals surface area contributed by atoms with E-state index in [0.29, 0.717) is 5.82 Å². The first-order valence-corrected chi connectivity index (χ1v) is 8.48. The van der Waals surface area contributed by atoms with Crippen molar-refractivity contribution in [3.05, 3.63) is 53.7 Å². The molecule has 0 saturated carbocycles. The van der Waals surface area contributed by atoms with Crippen LogP contribution in [0.25, 0.3) is 0 Å². The zero-order valence-corrected chi connectivity index (χ0v) is 14.1. The lowest BCUT2D eigenvalue weighted by Crippen LogP contribution is -2.35. The number of anilines is 1. The Morgan fingerprint density at radius 3 is 2.52 bits per heavy atom. The van der Waals surface area contributed by atoms with Gasteiger partial charge in [0.1, 0.15) is 5.82 Å². The van der Waals surface area contributed by atoms with Crippen molar-refractivity contribution in [2.24, 2.45) is 0 Å². The number of pyridine rings is 1. The molecular formula is C16H19N3O3S. The van der Waals surface area contributed by atoms with E-state index in [1.54, 1.807) is 24.4 Å². The van der Waals surface area contributed by atoms with Crippen LogP contribution in [0.5, 0.6) is 0 Å². The molecule has 1 N–H and O–H groups in total. The Bertz CT molecular complexity index is 802. The van der Waals surface area contributed by atoms with Crippen LogP contribution in [-0.4, -0.2) is 37.2 Å². The standard InChI is InChI=1S/C16H19N3O3S/c1-12-5-4-6-14(9-12)23(21,22)19(3)11-16(20)18-15-8-7-13(2)10-17-15/h4-10H,11H2,1-3H3,(H,17,18,20). The summed E-state index contributed by atoms with van der Waals surface area (Å²) in [5.41, 5.74) is 1.81. The number of nitrogens with zero attached hydrogens (tertiary/aromatic N) is 2. The van der Waals surface area contributed by atoms with E-state index in [4.69, 9.17) is 0 Å². The van der Waals surface area contributed by atoms with Crippen LogP contribution >= 0.6 is 0 Å². The number of aryl methyl sites for hydroxylation is 2. The van der Waals surface area contributed by atoms with Crippen LogP contribution in [0.4, 0.5) is 5.82 Å². The van der Waals surface area contributed by atoms with Crippen molar-refractivity contribution in [3.8, 4) is 0 Å². The van der Waals surface area contributed by atoms with Crippen molar-refractivity contribution in [1.82, 2.24) is 9.29 Å². The van der Waals surface area contributed by atoms with Crippen LogP contribution < -0.4 is 5.32 Å². The maximum Gasteiger partial charge on any atom is 0.243 e. The smallest absolute Gasteiger partial charge is 0.243 e. The second-order valence-corrected chi connectivity index (χ2v) is 7.39. The summed E-state index contributed by atoms with van der Waals surface area (Å²) < 4.78 is 25.9. The van der Waals surface area contributed by atoms with Crippen molar-refractivity contribution in [1.29, 1.82) is 0 Å². The van der Waals surface area contributed by atoms with Gasteiger partial charge in [0.25, 0.3) is 0 Å². The van der Waals surface area contributed by atoms with Crippen molar-refractivity contribution in [2.45, 2.75) is 18.7 Å². The Morgan fingerprint density at radius 1 is 1.17 bits per heavy atom. The van der Waals surface area contributed by atoms with Gasteiger partial charge in [-0.2, -0.15) is 4.31 Å². The molecule has 122 valence electrons. The summed E-state index contributed by atoms with van der Waals surface area (Å²) in [6.07, 6.45) is 1.63. The molecule has 2 rings (SSSR count). The quantitative estimate of drug-likeness (QED) is 0.907. The molecule has 1 heterocycles. The van der Waals surface area contributed by atoms with Gasteiger partial charge in [-0.3, -0.25) is 4.79 Å². The summed E-state index contributed by atoms with van der Waals surface area (Å²) in [5.74, 6) is -0.0537. The second-order valence-electron chi connectivity index (χ2n) is 5.35. The van der Waals surface area contributed by atoms with E-state index in [1.165, 1.54) is 13.1 Å². The SMILES string of the molecule is Cc1ccc(NC(=O)CN(C)S(=O)(=O)c2cccc(C)c2)nc1. The molecule has 0 aliphatic carbocycles. The molecule has 0 aliphatic heterocycles. The third-order valence-electron chi connectivity index (χ3n) is 3.24. The molecule has 0 spiro atoms. The third kappa shape index (κ3) is 4.37. The largest absolute Gasteiger partial charge is 0.310 e. The molecule has 0 aliphatic rings. The van der Waals surface area contributed by atoms with Gasteiger partial charge in [-0.25, -0.2) is 13.4 Å². The molecule has 7 heteroatoms. The number of hydrogen-bond acceptors (Lipinski definition) is 4. The van der Waals surface area contributed by atoms with Gasteiger partial charge in [-0.1, -0.05) is 18.2 Å². The molecule has 1 aromatic carbocycles. The van der Waals surface area contributed by atoms with Crippen LogP contribution in [0.15, 0.2) is 47.5 Å². The van der Waals surface area contributed by atoms with Crippen molar-refractivity contribution in [2.75, 3.05) is 18.9 Å². The molecule has 0 saturated heterocycles.